The van der Waals surface area contributed by atoms with Crippen LogP contribution in [0.2, 0.25) is 0 Å². The third kappa shape index (κ3) is 5.77. The Bertz CT molecular complexity index is 417. The first kappa shape index (κ1) is 18.1. The second kappa shape index (κ2) is 8.52. The molecule has 0 aliphatic rings. The van der Waals surface area contributed by atoms with Gasteiger partial charge >= 0.3 is 0 Å². The monoisotopic (exact) mass is 291 g/mol. The molecule has 0 saturated heterocycles. The zero-order valence-corrected chi connectivity index (χ0v) is 14.7. The molecule has 3 nitrogen and oxygen atoms in total. The molecule has 1 atom stereocenters. The van der Waals surface area contributed by atoms with Crippen LogP contribution in [0.5, 0.6) is 0 Å². The van der Waals surface area contributed by atoms with Crippen molar-refractivity contribution < 1.29 is 0 Å². The van der Waals surface area contributed by atoms with Crippen LogP contribution in [0.3, 0.4) is 0 Å². The first-order valence-corrected chi connectivity index (χ1v) is 8.05. The number of likely N-dealkylation sites (N-methyl/N-ethyl adjacent to an activating group) is 1. The number of nitrogens with zero attached hydrogens (tertiary/aromatic N) is 2. The van der Waals surface area contributed by atoms with Gasteiger partial charge in [0, 0.05) is 25.7 Å². The maximum absolute atomic E-state index is 6.53. The summed E-state index contributed by atoms with van der Waals surface area (Å²) in [6.07, 6.45) is 1.17. The fourth-order valence-electron chi connectivity index (χ4n) is 3.10. The summed E-state index contributed by atoms with van der Waals surface area (Å²) in [4.78, 5) is 4.72. The molecule has 120 valence electrons. The average Bonchev–Trinajstić information content (AvgIpc) is 2.34. The fraction of sp³-hybridized carbons (Fsp3) is 0.667. The summed E-state index contributed by atoms with van der Waals surface area (Å²) in [7, 11) is 4.25. The molecule has 1 rings (SSSR count). The van der Waals surface area contributed by atoms with Gasteiger partial charge in [0.15, 0.2) is 0 Å². The molecule has 0 fully saturated rings. The van der Waals surface area contributed by atoms with Crippen LogP contribution in [-0.2, 0) is 0 Å². The number of rotatable bonds is 8. The van der Waals surface area contributed by atoms with E-state index in [1.165, 1.54) is 28.7 Å². The molecule has 1 aromatic rings. The molecule has 0 aliphatic carbocycles. The molecule has 2 N–H and O–H groups in total. The van der Waals surface area contributed by atoms with Gasteiger partial charge in [-0.05, 0) is 64.5 Å². The first-order chi connectivity index (χ1) is 9.85. The number of hydrogen-bond donors (Lipinski definition) is 1. The molecule has 0 bridgehead atoms. The van der Waals surface area contributed by atoms with Crippen LogP contribution in [-0.4, -0.2) is 50.1 Å². The topological polar surface area (TPSA) is 32.5 Å². The predicted octanol–water partition coefficient (Wildman–Crippen LogP) is 2.89. The molecule has 0 aromatic heterocycles. The van der Waals surface area contributed by atoms with Crippen LogP contribution in [0.4, 0.5) is 0 Å². The second-order valence-electron chi connectivity index (χ2n) is 6.52. The normalized spacial score (nSPS) is 13.2. The lowest BCUT2D eigenvalue weighted by Gasteiger charge is -2.28. The highest BCUT2D eigenvalue weighted by Gasteiger charge is 2.16. The highest BCUT2D eigenvalue weighted by molar-refractivity contribution is 5.39. The molecule has 0 radical (unpaired) electrons. The second-order valence-corrected chi connectivity index (χ2v) is 6.52. The Balaban J connectivity index is 2.79. The summed E-state index contributed by atoms with van der Waals surface area (Å²) >= 11 is 0. The van der Waals surface area contributed by atoms with Gasteiger partial charge in [0.1, 0.15) is 0 Å². The number of aryl methyl sites for hydroxylation is 3. The van der Waals surface area contributed by atoms with Crippen LogP contribution in [0.15, 0.2) is 12.1 Å². The van der Waals surface area contributed by atoms with Crippen LogP contribution in [0.1, 0.15) is 41.6 Å². The molecule has 0 spiro atoms. The zero-order chi connectivity index (χ0) is 16.0. The summed E-state index contributed by atoms with van der Waals surface area (Å²) in [6, 6.07) is 4.58. The van der Waals surface area contributed by atoms with Crippen LogP contribution >= 0.6 is 0 Å². The maximum atomic E-state index is 6.53. The third-order valence-electron chi connectivity index (χ3n) is 3.97. The number of nitrogens with two attached hydrogens (primary N) is 1. The molecule has 1 unspecified atom stereocenters. The van der Waals surface area contributed by atoms with Gasteiger partial charge in [0.2, 0.25) is 0 Å². The van der Waals surface area contributed by atoms with Gasteiger partial charge in [-0.25, -0.2) is 0 Å². The van der Waals surface area contributed by atoms with Gasteiger partial charge < -0.3 is 15.5 Å². The molecular formula is C18H33N3. The van der Waals surface area contributed by atoms with Crippen molar-refractivity contribution in [3.05, 3.63) is 34.4 Å². The molecular weight excluding hydrogens is 258 g/mol. The van der Waals surface area contributed by atoms with Crippen molar-refractivity contribution in [3.8, 4) is 0 Å². The lowest BCUT2D eigenvalue weighted by Crippen LogP contribution is -2.37. The summed E-state index contributed by atoms with van der Waals surface area (Å²) in [6.45, 7) is 13.0. The zero-order valence-electron chi connectivity index (χ0n) is 14.7. The largest absolute Gasteiger partial charge is 0.323 e. The highest BCUT2D eigenvalue weighted by Crippen LogP contribution is 2.22. The van der Waals surface area contributed by atoms with Crippen molar-refractivity contribution in [1.29, 1.82) is 0 Å². The highest BCUT2D eigenvalue weighted by atomic mass is 15.2. The van der Waals surface area contributed by atoms with Gasteiger partial charge in [-0.3, -0.25) is 0 Å². The van der Waals surface area contributed by atoms with Gasteiger partial charge in [-0.1, -0.05) is 24.6 Å². The van der Waals surface area contributed by atoms with Crippen LogP contribution < -0.4 is 5.73 Å². The molecule has 0 aliphatic heterocycles. The Hall–Kier alpha value is -0.900. The number of hydrogen-bond acceptors (Lipinski definition) is 3. The van der Waals surface area contributed by atoms with E-state index in [1.807, 2.05) is 0 Å². The van der Waals surface area contributed by atoms with Gasteiger partial charge in [0.25, 0.3) is 0 Å². The smallest absolute Gasteiger partial charge is 0.0429 e. The van der Waals surface area contributed by atoms with E-state index < -0.39 is 0 Å². The SMILES string of the molecule is CCCN(CCN(C)C)CC(N)c1c(C)cc(C)cc1C. The Morgan fingerprint density at radius 3 is 2.05 bits per heavy atom. The van der Waals surface area contributed by atoms with E-state index in [9.17, 15) is 0 Å². The van der Waals surface area contributed by atoms with E-state index in [1.54, 1.807) is 0 Å². The Morgan fingerprint density at radius 1 is 1.00 bits per heavy atom. The van der Waals surface area contributed by atoms with Crippen LogP contribution in [0.25, 0.3) is 0 Å². The predicted molar refractivity (Wildman–Crippen MR) is 92.9 cm³/mol. The molecule has 1 aromatic carbocycles. The lowest BCUT2D eigenvalue weighted by molar-refractivity contribution is 0.229. The van der Waals surface area contributed by atoms with Crippen molar-refractivity contribution in [2.24, 2.45) is 5.73 Å². The van der Waals surface area contributed by atoms with E-state index in [2.05, 4.69) is 63.7 Å². The molecule has 0 saturated carbocycles. The standard InChI is InChI=1S/C18H33N3/c1-7-8-21(10-9-20(5)6)13-17(19)18-15(3)11-14(2)12-16(18)4/h11-12,17H,7-10,13,19H2,1-6H3. The summed E-state index contributed by atoms with van der Waals surface area (Å²) in [5.41, 5.74) is 11.8. The van der Waals surface area contributed by atoms with E-state index >= 15 is 0 Å². The first-order valence-electron chi connectivity index (χ1n) is 8.05. The molecule has 3 heteroatoms. The lowest BCUT2D eigenvalue weighted by atomic mass is 9.94. The van der Waals surface area contributed by atoms with Gasteiger partial charge in [-0.15, -0.1) is 0 Å². The third-order valence-corrected chi connectivity index (χ3v) is 3.97. The fourth-order valence-corrected chi connectivity index (χ4v) is 3.10. The van der Waals surface area contributed by atoms with E-state index in [4.69, 9.17) is 5.73 Å². The van der Waals surface area contributed by atoms with Crippen molar-refractivity contribution in [1.82, 2.24) is 9.80 Å². The van der Waals surface area contributed by atoms with Crippen molar-refractivity contribution in [2.45, 2.75) is 40.2 Å². The minimum atomic E-state index is 0.0966. The molecule has 0 heterocycles. The molecule has 0 amide bonds. The molecule has 21 heavy (non-hydrogen) atoms. The quantitative estimate of drug-likeness (QED) is 0.799. The van der Waals surface area contributed by atoms with E-state index in [-0.39, 0.29) is 6.04 Å². The number of benzene rings is 1. The van der Waals surface area contributed by atoms with Crippen molar-refractivity contribution >= 4 is 0 Å². The minimum absolute atomic E-state index is 0.0966. The van der Waals surface area contributed by atoms with Crippen molar-refractivity contribution in [3.63, 3.8) is 0 Å². The van der Waals surface area contributed by atoms with E-state index in [0.29, 0.717) is 0 Å². The Morgan fingerprint density at radius 2 is 1.57 bits per heavy atom. The maximum Gasteiger partial charge on any atom is 0.0429 e. The van der Waals surface area contributed by atoms with Crippen molar-refractivity contribution in [2.75, 3.05) is 40.3 Å². The summed E-state index contributed by atoms with van der Waals surface area (Å²) in [5.74, 6) is 0. The van der Waals surface area contributed by atoms with Gasteiger partial charge in [0.05, 0.1) is 0 Å². The average molecular weight is 291 g/mol. The van der Waals surface area contributed by atoms with E-state index in [0.717, 1.165) is 26.2 Å². The Kier molecular flexibility index (Phi) is 7.36. The van der Waals surface area contributed by atoms with Gasteiger partial charge in [-0.2, -0.15) is 0 Å². The Labute approximate surface area is 131 Å². The van der Waals surface area contributed by atoms with Crippen LogP contribution in [0, 0.1) is 20.8 Å². The summed E-state index contributed by atoms with van der Waals surface area (Å²) < 4.78 is 0. The minimum Gasteiger partial charge on any atom is -0.323 e. The summed E-state index contributed by atoms with van der Waals surface area (Å²) in [5, 5.41) is 0.